The van der Waals surface area contributed by atoms with Crippen molar-refractivity contribution in [3.05, 3.63) is 59.1 Å². The van der Waals surface area contributed by atoms with Crippen LogP contribution in [0.3, 0.4) is 0 Å². The van der Waals surface area contributed by atoms with Crippen LogP contribution in [0.5, 0.6) is 0 Å². The number of nitrogens with two attached hydrogens (primary N) is 1. The molecule has 1 fully saturated rings. The molecule has 0 saturated carbocycles. The van der Waals surface area contributed by atoms with E-state index in [1.807, 2.05) is 29.2 Å². The molecule has 0 bridgehead atoms. The van der Waals surface area contributed by atoms with Crippen LogP contribution in [0.15, 0.2) is 48.5 Å². The number of nitrogens with one attached hydrogen (secondary N) is 2. The van der Waals surface area contributed by atoms with Crippen LogP contribution < -0.4 is 20.7 Å². The smallest absolute Gasteiger partial charge is 0.407 e. The molecule has 0 spiro atoms. The standard InChI is InChI=1S/C24H32ClN5O5S/c1-36(33,34)28-20-5-2-3-6-22(20)29-12-14-30(15-13-29)23(31)21(27-24(32)35-16-4-11-26)17-18-7-9-19(25)10-8-18/h2-3,5-10,21,28H,4,11-17,26H2,1H3,(H,27,32). The summed E-state index contributed by atoms with van der Waals surface area (Å²) >= 11 is 5.98. The highest BCUT2D eigenvalue weighted by Gasteiger charge is 2.30. The molecule has 1 atom stereocenters. The Bertz CT molecular complexity index is 1140. The van der Waals surface area contributed by atoms with Crippen molar-refractivity contribution in [1.29, 1.82) is 0 Å². The Hall–Kier alpha value is -3.02. The monoisotopic (exact) mass is 537 g/mol. The molecule has 4 N–H and O–H groups in total. The van der Waals surface area contributed by atoms with E-state index in [2.05, 4.69) is 10.0 Å². The quantitative estimate of drug-likeness (QED) is 0.395. The Balaban J connectivity index is 1.68. The van der Waals surface area contributed by atoms with Crippen molar-refractivity contribution in [1.82, 2.24) is 10.2 Å². The number of sulfonamides is 1. The summed E-state index contributed by atoms with van der Waals surface area (Å²) in [6.45, 7) is 2.39. The lowest BCUT2D eigenvalue weighted by Crippen LogP contribution is -2.55. The van der Waals surface area contributed by atoms with Gasteiger partial charge in [-0.3, -0.25) is 9.52 Å². The Morgan fingerprint density at radius 2 is 1.75 bits per heavy atom. The van der Waals surface area contributed by atoms with Crippen molar-refractivity contribution in [2.75, 3.05) is 55.2 Å². The van der Waals surface area contributed by atoms with Crippen LogP contribution in [-0.2, 0) is 26.0 Å². The average Bonchev–Trinajstić information content (AvgIpc) is 2.84. The molecular formula is C24H32ClN5O5S. The molecule has 1 saturated heterocycles. The fraction of sp³-hybridized carbons (Fsp3) is 0.417. The minimum absolute atomic E-state index is 0.170. The van der Waals surface area contributed by atoms with Gasteiger partial charge in [-0.1, -0.05) is 35.9 Å². The third kappa shape index (κ3) is 8.28. The van der Waals surface area contributed by atoms with Gasteiger partial charge in [0.05, 0.1) is 24.2 Å². The second-order valence-corrected chi connectivity index (χ2v) is 10.7. The molecule has 1 aliphatic heterocycles. The van der Waals surface area contributed by atoms with Gasteiger partial charge in [0.1, 0.15) is 6.04 Å². The molecule has 12 heteroatoms. The highest BCUT2D eigenvalue weighted by atomic mass is 35.5. The number of amides is 2. The van der Waals surface area contributed by atoms with Gasteiger partial charge >= 0.3 is 6.09 Å². The number of alkyl carbamates (subject to hydrolysis) is 1. The van der Waals surface area contributed by atoms with Gasteiger partial charge < -0.3 is 25.6 Å². The zero-order chi connectivity index (χ0) is 26.1. The first kappa shape index (κ1) is 27.6. The minimum atomic E-state index is -3.43. The summed E-state index contributed by atoms with van der Waals surface area (Å²) in [7, 11) is -3.43. The summed E-state index contributed by atoms with van der Waals surface area (Å²) in [5.41, 5.74) is 7.53. The first-order chi connectivity index (χ1) is 17.2. The Labute approximate surface area is 216 Å². The van der Waals surface area contributed by atoms with Gasteiger partial charge in [0.15, 0.2) is 0 Å². The van der Waals surface area contributed by atoms with E-state index in [4.69, 9.17) is 22.1 Å². The van der Waals surface area contributed by atoms with Gasteiger partial charge in [-0.15, -0.1) is 0 Å². The van der Waals surface area contributed by atoms with Gasteiger partial charge in [0, 0.05) is 37.6 Å². The van der Waals surface area contributed by atoms with E-state index in [0.717, 1.165) is 17.5 Å². The highest BCUT2D eigenvalue weighted by Crippen LogP contribution is 2.27. The second kappa shape index (κ2) is 12.8. The summed E-state index contributed by atoms with van der Waals surface area (Å²) < 4.78 is 31.2. The number of nitrogens with zero attached hydrogens (tertiary/aromatic N) is 2. The number of hydrogen-bond donors (Lipinski definition) is 3. The number of piperazine rings is 1. The van der Waals surface area contributed by atoms with Crippen LogP contribution in [0.25, 0.3) is 0 Å². The molecule has 1 unspecified atom stereocenters. The Morgan fingerprint density at radius 1 is 1.08 bits per heavy atom. The summed E-state index contributed by atoms with van der Waals surface area (Å²) in [6, 6.07) is 13.4. The van der Waals surface area contributed by atoms with Crippen molar-refractivity contribution in [2.24, 2.45) is 5.73 Å². The van der Waals surface area contributed by atoms with Gasteiger partial charge in [-0.25, -0.2) is 13.2 Å². The third-order valence-corrected chi connectivity index (χ3v) is 6.50. The molecule has 196 valence electrons. The molecule has 1 heterocycles. The largest absolute Gasteiger partial charge is 0.449 e. The predicted octanol–water partition coefficient (Wildman–Crippen LogP) is 2.05. The molecular weight excluding hydrogens is 506 g/mol. The molecule has 3 rings (SSSR count). The normalized spacial score (nSPS) is 14.8. The zero-order valence-corrected chi connectivity index (χ0v) is 21.7. The van der Waals surface area contributed by atoms with Crippen LogP contribution >= 0.6 is 11.6 Å². The number of benzene rings is 2. The van der Waals surface area contributed by atoms with E-state index in [0.29, 0.717) is 49.9 Å². The molecule has 2 amide bonds. The number of halogens is 1. The molecule has 1 aliphatic rings. The maximum absolute atomic E-state index is 13.4. The lowest BCUT2D eigenvalue weighted by molar-refractivity contribution is -0.133. The van der Waals surface area contributed by atoms with E-state index < -0.39 is 22.2 Å². The maximum Gasteiger partial charge on any atom is 0.407 e. The first-order valence-electron chi connectivity index (χ1n) is 11.6. The van der Waals surface area contributed by atoms with Crippen LogP contribution in [0.1, 0.15) is 12.0 Å². The summed E-state index contributed by atoms with van der Waals surface area (Å²) in [5.74, 6) is -0.220. The Kier molecular flexibility index (Phi) is 9.80. The highest BCUT2D eigenvalue weighted by molar-refractivity contribution is 7.92. The number of anilines is 2. The van der Waals surface area contributed by atoms with Crippen LogP contribution in [0, 0.1) is 0 Å². The minimum Gasteiger partial charge on any atom is -0.449 e. The van der Waals surface area contributed by atoms with E-state index in [1.54, 1.807) is 29.2 Å². The van der Waals surface area contributed by atoms with Crippen molar-refractivity contribution in [2.45, 2.75) is 18.9 Å². The number of ether oxygens (including phenoxy) is 1. The third-order valence-electron chi connectivity index (χ3n) is 5.66. The van der Waals surface area contributed by atoms with E-state index in [-0.39, 0.29) is 18.9 Å². The number of rotatable bonds is 10. The molecule has 0 aromatic heterocycles. The van der Waals surface area contributed by atoms with Crippen LogP contribution in [0.2, 0.25) is 5.02 Å². The summed E-state index contributed by atoms with van der Waals surface area (Å²) in [5, 5.41) is 3.28. The van der Waals surface area contributed by atoms with Crippen molar-refractivity contribution in [3.8, 4) is 0 Å². The number of para-hydroxylation sites is 2. The lowest BCUT2D eigenvalue weighted by atomic mass is 10.0. The molecule has 2 aromatic rings. The van der Waals surface area contributed by atoms with Gasteiger partial charge in [0.2, 0.25) is 15.9 Å². The first-order valence-corrected chi connectivity index (χ1v) is 13.9. The average molecular weight is 538 g/mol. The van der Waals surface area contributed by atoms with Gasteiger partial charge in [-0.2, -0.15) is 0 Å². The Morgan fingerprint density at radius 3 is 2.39 bits per heavy atom. The fourth-order valence-corrected chi connectivity index (χ4v) is 4.61. The second-order valence-electron chi connectivity index (χ2n) is 8.51. The molecule has 10 nitrogen and oxygen atoms in total. The maximum atomic E-state index is 13.4. The number of carbonyl (C=O) groups excluding carboxylic acids is 2. The lowest BCUT2D eigenvalue weighted by Gasteiger charge is -2.38. The number of hydrogen-bond acceptors (Lipinski definition) is 7. The van der Waals surface area contributed by atoms with Crippen molar-refractivity contribution >= 4 is 45.0 Å². The van der Waals surface area contributed by atoms with Crippen molar-refractivity contribution < 1.29 is 22.7 Å². The van der Waals surface area contributed by atoms with Gasteiger partial charge in [0.25, 0.3) is 0 Å². The van der Waals surface area contributed by atoms with Crippen molar-refractivity contribution in [3.63, 3.8) is 0 Å². The molecule has 36 heavy (non-hydrogen) atoms. The van der Waals surface area contributed by atoms with Crippen LogP contribution in [-0.4, -0.2) is 76.9 Å². The fourth-order valence-electron chi connectivity index (χ4n) is 3.91. The summed E-state index contributed by atoms with van der Waals surface area (Å²) in [6.07, 6.45) is 1.24. The topological polar surface area (TPSA) is 134 Å². The number of carbonyl (C=O) groups is 2. The van der Waals surface area contributed by atoms with Gasteiger partial charge in [-0.05, 0) is 42.8 Å². The zero-order valence-electron chi connectivity index (χ0n) is 20.2. The van der Waals surface area contributed by atoms with E-state index in [1.165, 1.54) is 0 Å². The summed E-state index contributed by atoms with van der Waals surface area (Å²) in [4.78, 5) is 29.5. The molecule has 0 radical (unpaired) electrons. The van der Waals surface area contributed by atoms with Crippen LogP contribution in [0.4, 0.5) is 16.2 Å². The predicted molar refractivity (Wildman–Crippen MR) is 141 cm³/mol. The molecule has 2 aromatic carbocycles. The van der Waals surface area contributed by atoms with E-state index >= 15 is 0 Å². The molecule has 0 aliphatic carbocycles. The van der Waals surface area contributed by atoms with E-state index in [9.17, 15) is 18.0 Å². The SMILES string of the molecule is CS(=O)(=O)Nc1ccccc1N1CCN(C(=O)C(Cc2ccc(Cl)cc2)NC(=O)OCCCN)CC1.